The molecule has 0 aliphatic heterocycles. The van der Waals surface area contributed by atoms with E-state index in [4.69, 9.17) is 0 Å². The molecule has 3 N–H and O–H groups in total. The summed E-state index contributed by atoms with van der Waals surface area (Å²) in [5.41, 5.74) is -1.33. The third kappa shape index (κ3) is 5.77. The summed E-state index contributed by atoms with van der Waals surface area (Å²) in [7, 11) is 1.39. The van der Waals surface area contributed by atoms with Crippen LogP contribution in [0, 0.1) is 5.92 Å². The molecule has 0 radical (unpaired) electrons. The summed E-state index contributed by atoms with van der Waals surface area (Å²) in [4.78, 5) is 62.8. The van der Waals surface area contributed by atoms with Gasteiger partial charge in [-0.1, -0.05) is 13.8 Å². The lowest BCUT2D eigenvalue weighted by atomic mass is 10.1. The van der Waals surface area contributed by atoms with Crippen LogP contribution in [0.2, 0.25) is 0 Å². The second-order valence-electron chi connectivity index (χ2n) is 7.61. The van der Waals surface area contributed by atoms with Crippen LogP contribution in [0.1, 0.15) is 29.9 Å². The average molecular weight is 491 g/mol. The summed E-state index contributed by atoms with van der Waals surface area (Å²) in [6.45, 7) is 2.60. The number of aromatic amines is 1. The Balaban J connectivity index is 1.97. The molecule has 3 rings (SSSR count). The van der Waals surface area contributed by atoms with Crippen molar-refractivity contribution in [2.75, 3.05) is 17.3 Å². The molecule has 14 heteroatoms. The number of rotatable bonds is 6. The van der Waals surface area contributed by atoms with E-state index in [0.29, 0.717) is 4.90 Å². The molecular weight excluding hydrogens is 471 g/mol. The maximum absolute atomic E-state index is 13.3. The van der Waals surface area contributed by atoms with Crippen molar-refractivity contribution in [2.24, 2.45) is 5.92 Å². The van der Waals surface area contributed by atoms with E-state index in [1.165, 1.54) is 31.3 Å². The molecule has 1 aromatic carbocycles. The standard InChI is InChI=1S/C21H20F3N7O4/c1-10(2)16(32)29-20-28-15-14(18(34)30-20)27-12(8-26-15)9-31(19(35)21(22,23)24)13-6-4-11(5-7-13)17(33)25-3/h4-8,10H,9H2,1-3H3,(H,25,33)(H2,26,28,29,30,32,34). The van der Waals surface area contributed by atoms with Crippen LogP contribution in [0.5, 0.6) is 0 Å². The average Bonchev–Trinajstić information content (AvgIpc) is 2.81. The van der Waals surface area contributed by atoms with Gasteiger partial charge in [0, 0.05) is 24.2 Å². The zero-order valence-corrected chi connectivity index (χ0v) is 18.7. The number of anilines is 2. The molecule has 0 aliphatic rings. The smallest absolute Gasteiger partial charge is 0.355 e. The molecule has 3 amide bonds. The molecule has 0 saturated carbocycles. The normalized spacial score (nSPS) is 11.4. The van der Waals surface area contributed by atoms with E-state index in [1.54, 1.807) is 13.8 Å². The van der Waals surface area contributed by atoms with Crippen LogP contribution >= 0.6 is 0 Å². The Hall–Kier alpha value is -4.36. The lowest BCUT2D eigenvalue weighted by molar-refractivity contribution is -0.170. The summed E-state index contributed by atoms with van der Waals surface area (Å²) in [5.74, 6) is -3.58. The van der Waals surface area contributed by atoms with Gasteiger partial charge in [-0.25, -0.2) is 9.97 Å². The topological polar surface area (TPSA) is 150 Å². The Morgan fingerprint density at radius 1 is 1.11 bits per heavy atom. The van der Waals surface area contributed by atoms with Crippen LogP contribution in [0.15, 0.2) is 35.3 Å². The lowest BCUT2D eigenvalue weighted by Gasteiger charge is -2.23. The van der Waals surface area contributed by atoms with Crippen LogP contribution in [0.25, 0.3) is 11.2 Å². The van der Waals surface area contributed by atoms with Gasteiger partial charge >= 0.3 is 12.1 Å². The predicted molar refractivity (Wildman–Crippen MR) is 118 cm³/mol. The van der Waals surface area contributed by atoms with Gasteiger partial charge in [0.05, 0.1) is 18.4 Å². The number of nitrogens with one attached hydrogen (secondary N) is 3. The van der Waals surface area contributed by atoms with Crippen molar-refractivity contribution in [1.29, 1.82) is 0 Å². The van der Waals surface area contributed by atoms with Gasteiger partial charge in [0.2, 0.25) is 11.9 Å². The molecule has 0 fully saturated rings. The number of H-pyrrole nitrogens is 1. The molecule has 11 nitrogen and oxygen atoms in total. The van der Waals surface area contributed by atoms with Crippen LogP contribution in [0.4, 0.5) is 24.8 Å². The zero-order chi connectivity index (χ0) is 25.9. The van der Waals surface area contributed by atoms with Crippen molar-refractivity contribution < 1.29 is 27.6 Å². The number of aromatic nitrogens is 4. The molecule has 0 saturated heterocycles. The number of fused-ring (bicyclic) bond motifs is 1. The van der Waals surface area contributed by atoms with E-state index in [0.717, 1.165) is 6.20 Å². The van der Waals surface area contributed by atoms with E-state index in [-0.39, 0.29) is 40.0 Å². The van der Waals surface area contributed by atoms with Gasteiger partial charge in [-0.3, -0.25) is 34.4 Å². The summed E-state index contributed by atoms with van der Waals surface area (Å²) < 4.78 is 39.8. The van der Waals surface area contributed by atoms with Crippen molar-refractivity contribution in [3.8, 4) is 0 Å². The van der Waals surface area contributed by atoms with Crippen molar-refractivity contribution >= 4 is 40.5 Å². The van der Waals surface area contributed by atoms with E-state index < -0.39 is 36.0 Å². The summed E-state index contributed by atoms with van der Waals surface area (Å²) in [5, 5.41) is 4.79. The number of halogens is 3. The van der Waals surface area contributed by atoms with Gasteiger partial charge in [-0.05, 0) is 24.3 Å². The molecule has 2 aromatic heterocycles. The van der Waals surface area contributed by atoms with Crippen molar-refractivity contribution in [1.82, 2.24) is 25.3 Å². The first-order chi connectivity index (χ1) is 16.4. The van der Waals surface area contributed by atoms with Crippen molar-refractivity contribution in [3.05, 3.63) is 52.1 Å². The lowest BCUT2D eigenvalue weighted by Crippen LogP contribution is -2.41. The van der Waals surface area contributed by atoms with Gasteiger partial charge in [-0.2, -0.15) is 18.2 Å². The summed E-state index contributed by atoms with van der Waals surface area (Å²) >= 11 is 0. The van der Waals surface area contributed by atoms with Gasteiger partial charge in [0.25, 0.3) is 11.5 Å². The number of benzene rings is 1. The fourth-order valence-electron chi connectivity index (χ4n) is 2.88. The number of carbonyl (C=O) groups is 3. The molecule has 2 heterocycles. The molecule has 0 spiro atoms. The molecule has 0 unspecified atom stereocenters. The third-order valence-electron chi connectivity index (χ3n) is 4.71. The Bertz CT molecular complexity index is 1340. The number of hydrogen-bond donors (Lipinski definition) is 3. The number of alkyl halides is 3. The Kier molecular flexibility index (Phi) is 7.12. The predicted octanol–water partition coefficient (Wildman–Crippen LogP) is 1.76. The van der Waals surface area contributed by atoms with Crippen LogP contribution in [-0.2, 0) is 16.1 Å². The van der Waals surface area contributed by atoms with Gasteiger partial charge < -0.3 is 5.32 Å². The molecule has 35 heavy (non-hydrogen) atoms. The highest BCUT2D eigenvalue weighted by Gasteiger charge is 2.43. The molecule has 184 valence electrons. The Morgan fingerprint density at radius 3 is 2.34 bits per heavy atom. The summed E-state index contributed by atoms with van der Waals surface area (Å²) in [6, 6.07) is 4.89. The molecule has 3 aromatic rings. The zero-order valence-electron chi connectivity index (χ0n) is 18.7. The second-order valence-corrected chi connectivity index (χ2v) is 7.61. The number of carbonyl (C=O) groups excluding carboxylic acids is 3. The third-order valence-corrected chi connectivity index (χ3v) is 4.71. The van der Waals surface area contributed by atoms with Gasteiger partial charge in [0.15, 0.2) is 11.2 Å². The van der Waals surface area contributed by atoms with Crippen LogP contribution in [-0.4, -0.2) is 50.9 Å². The largest absolute Gasteiger partial charge is 0.471 e. The fraction of sp³-hybridized carbons (Fsp3) is 0.286. The van der Waals surface area contributed by atoms with Gasteiger partial charge in [-0.15, -0.1) is 0 Å². The van der Waals surface area contributed by atoms with Crippen molar-refractivity contribution in [2.45, 2.75) is 26.6 Å². The monoisotopic (exact) mass is 491 g/mol. The SMILES string of the molecule is CNC(=O)c1ccc(N(Cc2cnc3nc(NC(=O)C(C)C)[nH]c(=O)c3n2)C(=O)C(F)(F)F)cc1. The summed E-state index contributed by atoms with van der Waals surface area (Å²) in [6.07, 6.45) is -4.13. The highest BCUT2D eigenvalue weighted by Crippen LogP contribution is 2.26. The number of hydrogen-bond acceptors (Lipinski definition) is 7. The minimum atomic E-state index is -5.20. The van der Waals surface area contributed by atoms with E-state index >= 15 is 0 Å². The highest BCUT2D eigenvalue weighted by atomic mass is 19.4. The molecule has 0 aliphatic carbocycles. The first-order valence-electron chi connectivity index (χ1n) is 10.2. The minimum Gasteiger partial charge on any atom is -0.355 e. The first-order valence-corrected chi connectivity index (χ1v) is 10.2. The quantitative estimate of drug-likeness (QED) is 0.476. The minimum absolute atomic E-state index is 0.128. The van der Waals surface area contributed by atoms with Crippen LogP contribution < -0.4 is 21.1 Å². The van der Waals surface area contributed by atoms with E-state index in [9.17, 15) is 32.3 Å². The van der Waals surface area contributed by atoms with E-state index in [1.807, 2.05) is 0 Å². The maximum atomic E-state index is 13.3. The highest BCUT2D eigenvalue weighted by molar-refractivity contribution is 5.98. The van der Waals surface area contributed by atoms with Crippen LogP contribution in [0.3, 0.4) is 0 Å². The van der Waals surface area contributed by atoms with E-state index in [2.05, 4.69) is 30.6 Å². The maximum Gasteiger partial charge on any atom is 0.471 e. The Morgan fingerprint density at radius 2 is 1.77 bits per heavy atom. The number of amides is 3. The van der Waals surface area contributed by atoms with Crippen molar-refractivity contribution in [3.63, 3.8) is 0 Å². The molecule has 0 atom stereocenters. The molecular formula is C21H20F3N7O4. The number of nitrogens with zero attached hydrogens (tertiary/aromatic N) is 4. The Labute approximate surface area is 195 Å². The first kappa shape index (κ1) is 25.3. The van der Waals surface area contributed by atoms with Gasteiger partial charge in [0.1, 0.15) is 0 Å². The fourth-order valence-corrected chi connectivity index (χ4v) is 2.88. The molecule has 0 bridgehead atoms. The second kappa shape index (κ2) is 9.87.